The van der Waals surface area contributed by atoms with Crippen LogP contribution in [-0.4, -0.2) is 19.7 Å². The molecule has 0 aliphatic heterocycles. The quantitative estimate of drug-likeness (QED) is 0.794. The highest BCUT2D eigenvalue weighted by atomic mass is 32.1. The normalized spacial score (nSPS) is 10.6. The molecule has 2 heterocycles. The number of thiazole rings is 1. The van der Waals surface area contributed by atoms with Gasteiger partial charge >= 0.3 is 0 Å². The molecule has 0 bridgehead atoms. The summed E-state index contributed by atoms with van der Waals surface area (Å²) in [6.07, 6.45) is 4.57. The highest BCUT2D eigenvalue weighted by molar-refractivity contribution is 7.09. The first-order valence-electron chi connectivity index (χ1n) is 5.60. The summed E-state index contributed by atoms with van der Waals surface area (Å²) in [4.78, 5) is 7.95. The first-order chi connectivity index (χ1) is 9.33. The summed E-state index contributed by atoms with van der Waals surface area (Å²) in [5.74, 6) is -0.352. The molecule has 5 nitrogen and oxygen atoms in total. The van der Waals surface area contributed by atoms with Crippen LogP contribution in [0.1, 0.15) is 5.01 Å². The number of hydrogen-bond acceptors (Lipinski definition) is 5. The van der Waals surface area contributed by atoms with Crippen LogP contribution in [0.2, 0.25) is 0 Å². The van der Waals surface area contributed by atoms with Gasteiger partial charge < -0.3 is 5.32 Å². The number of halogens is 1. The molecule has 1 aromatic carbocycles. The lowest BCUT2D eigenvalue weighted by atomic mass is 10.2. The molecule has 0 saturated carbocycles. The van der Waals surface area contributed by atoms with Gasteiger partial charge in [0.2, 0.25) is 0 Å². The van der Waals surface area contributed by atoms with Gasteiger partial charge in [0.05, 0.1) is 6.54 Å². The fraction of sp³-hybridized carbons (Fsp3) is 0.0833. The van der Waals surface area contributed by atoms with Crippen LogP contribution in [-0.2, 0) is 6.54 Å². The van der Waals surface area contributed by atoms with E-state index in [1.54, 1.807) is 29.7 Å². The Morgan fingerprint density at radius 1 is 1.37 bits per heavy atom. The zero-order valence-corrected chi connectivity index (χ0v) is 10.6. The molecule has 19 heavy (non-hydrogen) atoms. The Hall–Kier alpha value is -2.28. The maximum Gasteiger partial charge on any atom is 0.150 e. The SMILES string of the molecule is Fc1cc(NCc2nccs2)ccc1-n1cncn1. The van der Waals surface area contributed by atoms with Crippen molar-refractivity contribution in [1.29, 1.82) is 0 Å². The lowest BCUT2D eigenvalue weighted by Crippen LogP contribution is -2.02. The van der Waals surface area contributed by atoms with Crippen LogP contribution in [0.3, 0.4) is 0 Å². The Bertz CT molecular complexity index is 651. The topological polar surface area (TPSA) is 55.6 Å². The molecule has 96 valence electrons. The summed E-state index contributed by atoms with van der Waals surface area (Å²) < 4.78 is 15.3. The van der Waals surface area contributed by atoms with E-state index < -0.39 is 0 Å². The predicted octanol–water partition coefficient (Wildman–Crippen LogP) is 2.47. The number of aromatic nitrogens is 4. The molecule has 0 radical (unpaired) electrons. The first-order valence-corrected chi connectivity index (χ1v) is 6.48. The van der Waals surface area contributed by atoms with E-state index in [-0.39, 0.29) is 5.82 Å². The first kappa shape index (κ1) is 11.8. The molecule has 2 aromatic heterocycles. The minimum Gasteiger partial charge on any atom is -0.378 e. The summed E-state index contributed by atoms with van der Waals surface area (Å²) in [6.45, 7) is 0.583. The minimum atomic E-state index is -0.352. The average molecular weight is 275 g/mol. The van der Waals surface area contributed by atoms with Gasteiger partial charge in [0, 0.05) is 17.3 Å². The maximum absolute atomic E-state index is 13.9. The van der Waals surface area contributed by atoms with Gasteiger partial charge in [-0.25, -0.2) is 19.0 Å². The fourth-order valence-electron chi connectivity index (χ4n) is 1.65. The lowest BCUT2D eigenvalue weighted by molar-refractivity contribution is 0.611. The largest absolute Gasteiger partial charge is 0.378 e. The highest BCUT2D eigenvalue weighted by Gasteiger charge is 2.06. The number of anilines is 1. The van der Waals surface area contributed by atoms with Gasteiger partial charge in [-0.1, -0.05) is 0 Å². The van der Waals surface area contributed by atoms with Crippen molar-refractivity contribution in [2.75, 3.05) is 5.32 Å². The van der Waals surface area contributed by atoms with Crippen molar-refractivity contribution in [3.8, 4) is 5.69 Å². The second-order valence-electron chi connectivity index (χ2n) is 3.79. The third-order valence-corrected chi connectivity index (χ3v) is 3.32. The summed E-state index contributed by atoms with van der Waals surface area (Å²) in [7, 11) is 0. The standard InChI is InChI=1S/C12H10FN5S/c13-10-5-9(16-6-12-15-3-4-19-12)1-2-11(10)18-8-14-7-17-18/h1-5,7-8,16H,6H2. The molecule has 0 saturated heterocycles. The molecular formula is C12H10FN5S. The van der Waals surface area contributed by atoms with Crippen molar-refractivity contribution in [2.24, 2.45) is 0 Å². The number of rotatable bonds is 4. The Morgan fingerprint density at radius 3 is 3.00 bits per heavy atom. The van der Waals surface area contributed by atoms with Gasteiger partial charge in [-0.2, -0.15) is 5.10 Å². The number of benzene rings is 1. The van der Waals surface area contributed by atoms with Crippen LogP contribution in [0.5, 0.6) is 0 Å². The molecule has 3 rings (SSSR count). The van der Waals surface area contributed by atoms with Gasteiger partial charge in [-0.15, -0.1) is 11.3 Å². The summed E-state index contributed by atoms with van der Waals surface area (Å²) in [6, 6.07) is 4.90. The molecule has 0 unspecified atom stereocenters. The Labute approximate surface area is 112 Å². The highest BCUT2D eigenvalue weighted by Crippen LogP contribution is 2.18. The van der Waals surface area contributed by atoms with E-state index in [0.717, 1.165) is 5.01 Å². The van der Waals surface area contributed by atoms with Crippen molar-refractivity contribution in [1.82, 2.24) is 19.7 Å². The molecule has 0 atom stereocenters. The molecule has 3 aromatic rings. The van der Waals surface area contributed by atoms with Gasteiger partial charge in [-0.05, 0) is 18.2 Å². The van der Waals surface area contributed by atoms with Gasteiger partial charge in [0.25, 0.3) is 0 Å². The molecule has 0 spiro atoms. The third-order valence-electron chi connectivity index (χ3n) is 2.54. The van der Waals surface area contributed by atoms with Crippen LogP contribution in [0, 0.1) is 5.82 Å². The van der Waals surface area contributed by atoms with E-state index in [0.29, 0.717) is 17.9 Å². The zero-order chi connectivity index (χ0) is 13.1. The molecule has 0 aliphatic rings. The number of nitrogens with one attached hydrogen (secondary N) is 1. The van der Waals surface area contributed by atoms with Crippen LogP contribution in [0.4, 0.5) is 10.1 Å². The zero-order valence-electron chi connectivity index (χ0n) is 9.82. The van der Waals surface area contributed by atoms with E-state index >= 15 is 0 Å². The summed E-state index contributed by atoms with van der Waals surface area (Å²) >= 11 is 1.56. The maximum atomic E-state index is 13.9. The lowest BCUT2D eigenvalue weighted by Gasteiger charge is -2.07. The van der Waals surface area contributed by atoms with Crippen molar-refractivity contribution >= 4 is 17.0 Å². The number of hydrogen-bond donors (Lipinski definition) is 1. The van der Waals surface area contributed by atoms with Crippen LogP contribution < -0.4 is 5.32 Å². The second-order valence-corrected chi connectivity index (χ2v) is 4.76. The summed E-state index contributed by atoms with van der Waals surface area (Å²) in [5.41, 5.74) is 1.08. The molecule has 0 fully saturated rings. The van der Waals surface area contributed by atoms with Crippen LogP contribution in [0.15, 0.2) is 42.4 Å². The molecule has 7 heteroatoms. The van der Waals surface area contributed by atoms with E-state index in [9.17, 15) is 4.39 Å². The van der Waals surface area contributed by atoms with Gasteiger partial charge in [-0.3, -0.25) is 0 Å². The fourth-order valence-corrected chi connectivity index (χ4v) is 2.21. The van der Waals surface area contributed by atoms with E-state index in [1.807, 2.05) is 5.38 Å². The average Bonchev–Trinajstić information content (AvgIpc) is 3.10. The van der Waals surface area contributed by atoms with Gasteiger partial charge in [0.15, 0.2) is 5.82 Å². The Morgan fingerprint density at radius 2 is 2.32 bits per heavy atom. The molecule has 0 aliphatic carbocycles. The van der Waals surface area contributed by atoms with Crippen molar-refractivity contribution < 1.29 is 4.39 Å². The van der Waals surface area contributed by atoms with Crippen LogP contribution >= 0.6 is 11.3 Å². The van der Waals surface area contributed by atoms with E-state index in [4.69, 9.17) is 0 Å². The molecule has 0 amide bonds. The predicted molar refractivity (Wildman–Crippen MR) is 70.8 cm³/mol. The third kappa shape index (κ3) is 2.60. The molecule has 1 N–H and O–H groups in total. The smallest absolute Gasteiger partial charge is 0.150 e. The molecular weight excluding hydrogens is 265 g/mol. The van der Waals surface area contributed by atoms with E-state index in [1.165, 1.54) is 23.4 Å². The monoisotopic (exact) mass is 275 g/mol. The second kappa shape index (κ2) is 5.15. The minimum absolute atomic E-state index is 0.352. The van der Waals surface area contributed by atoms with E-state index in [2.05, 4.69) is 20.4 Å². The number of nitrogens with zero attached hydrogens (tertiary/aromatic N) is 4. The Balaban J connectivity index is 1.76. The Kier molecular flexibility index (Phi) is 3.20. The van der Waals surface area contributed by atoms with Crippen molar-refractivity contribution in [2.45, 2.75) is 6.54 Å². The van der Waals surface area contributed by atoms with Crippen molar-refractivity contribution in [3.05, 3.63) is 53.3 Å². The van der Waals surface area contributed by atoms with Crippen LogP contribution in [0.25, 0.3) is 5.69 Å². The summed E-state index contributed by atoms with van der Waals surface area (Å²) in [5, 5.41) is 9.89. The van der Waals surface area contributed by atoms with Crippen molar-refractivity contribution in [3.63, 3.8) is 0 Å². The van der Waals surface area contributed by atoms with Gasteiger partial charge in [0.1, 0.15) is 23.3 Å².